The summed E-state index contributed by atoms with van der Waals surface area (Å²) in [7, 11) is 0. The molecule has 23 heavy (non-hydrogen) atoms. The summed E-state index contributed by atoms with van der Waals surface area (Å²) in [4.78, 5) is 22.9. The van der Waals surface area contributed by atoms with Crippen LogP contribution >= 0.6 is 23.2 Å². The van der Waals surface area contributed by atoms with Crippen LogP contribution in [0, 0.1) is 0 Å². The summed E-state index contributed by atoms with van der Waals surface area (Å²) in [6, 6.07) is 11.5. The lowest BCUT2D eigenvalue weighted by Gasteiger charge is -2.11. The first-order valence-electron chi connectivity index (χ1n) is 6.62. The van der Waals surface area contributed by atoms with Crippen LogP contribution in [0.3, 0.4) is 0 Å². The lowest BCUT2D eigenvalue weighted by molar-refractivity contribution is -0.139. The minimum absolute atomic E-state index is 0.114. The van der Waals surface area contributed by atoms with Crippen LogP contribution in [0.4, 0.5) is 0 Å². The molecule has 0 aromatic heterocycles. The zero-order chi connectivity index (χ0) is 16.8. The minimum atomic E-state index is -1.14. The number of carboxylic acid groups (broad SMARTS) is 1. The fourth-order valence-corrected chi connectivity index (χ4v) is 2.24. The number of nitrogens with one attached hydrogen (secondary N) is 1. The van der Waals surface area contributed by atoms with Gasteiger partial charge in [0, 0.05) is 16.6 Å². The second kappa shape index (κ2) is 7.85. The molecule has 5 nitrogen and oxygen atoms in total. The number of carbonyl (C=O) groups excluding carboxylic acids is 1. The molecule has 0 radical (unpaired) electrons. The Bertz CT molecular complexity index is 734. The third-order valence-corrected chi connectivity index (χ3v) is 3.35. The maximum absolute atomic E-state index is 12.3. The maximum atomic E-state index is 12.3. The summed E-state index contributed by atoms with van der Waals surface area (Å²) in [5.41, 5.74) is 1.05. The van der Waals surface area contributed by atoms with Gasteiger partial charge in [0.25, 0.3) is 5.91 Å². The maximum Gasteiger partial charge on any atom is 0.341 e. The molecule has 2 aromatic rings. The van der Waals surface area contributed by atoms with Gasteiger partial charge in [-0.3, -0.25) is 4.79 Å². The van der Waals surface area contributed by atoms with Crippen molar-refractivity contribution in [1.82, 2.24) is 5.32 Å². The highest BCUT2D eigenvalue weighted by molar-refractivity contribution is 6.31. The molecule has 2 aromatic carbocycles. The van der Waals surface area contributed by atoms with Crippen LogP contribution in [0.1, 0.15) is 15.9 Å². The van der Waals surface area contributed by atoms with Crippen LogP contribution < -0.4 is 10.1 Å². The third kappa shape index (κ3) is 5.16. The number of carbonyl (C=O) groups is 2. The van der Waals surface area contributed by atoms with Crippen molar-refractivity contribution in [1.29, 1.82) is 0 Å². The molecule has 0 bridgehead atoms. The highest BCUT2D eigenvalue weighted by Crippen LogP contribution is 2.23. The Hall–Kier alpha value is -2.24. The van der Waals surface area contributed by atoms with E-state index in [2.05, 4.69) is 5.32 Å². The Labute approximate surface area is 142 Å². The molecule has 0 atom stereocenters. The largest absolute Gasteiger partial charge is 0.481 e. The number of aliphatic carboxylic acids is 1. The Kier molecular flexibility index (Phi) is 5.84. The molecule has 0 spiro atoms. The number of benzene rings is 2. The summed E-state index contributed by atoms with van der Waals surface area (Å²) in [6.45, 7) is -0.282. The lowest BCUT2D eigenvalue weighted by atomic mass is 10.1. The monoisotopic (exact) mass is 353 g/mol. The van der Waals surface area contributed by atoms with Crippen LogP contribution in [0.15, 0.2) is 42.5 Å². The predicted octanol–water partition coefficient (Wildman–Crippen LogP) is 3.39. The summed E-state index contributed by atoms with van der Waals surface area (Å²) in [5, 5.41) is 12.3. The first-order valence-corrected chi connectivity index (χ1v) is 7.38. The number of ether oxygens (including phenoxy) is 1. The molecule has 0 saturated carbocycles. The van der Waals surface area contributed by atoms with Gasteiger partial charge in [0.15, 0.2) is 6.61 Å². The van der Waals surface area contributed by atoms with Crippen molar-refractivity contribution in [2.75, 3.05) is 6.61 Å². The van der Waals surface area contributed by atoms with Gasteiger partial charge in [0.05, 0.1) is 5.56 Å². The van der Waals surface area contributed by atoms with Gasteiger partial charge in [-0.05, 0) is 35.9 Å². The fraction of sp³-hybridized carbons (Fsp3) is 0.125. The van der Waals surface area contributed by atoms with Crippen molar-refractivity contribution in [3.8, 4) is 5.75 Å². The summed E-state index contributed by atoms with van der Waals surface area (Å²) < 4.78 is 5.11. The molecule has 0 aliphatic rings. The lowest BCUT2D eigenvalue weighted by Crippen LogP contribution is -2.24. The zero-order valence-electron chi connectivity index (χ0n) is 11.9. The Morgan fingerprint density at radius 3 is 2.52 bits per heavy atom. The van der Waals surface area contributed by atoms with Crippen LogP contribution in [0.2, 0.25) is 10.0 Å². The molecule has 0 aliphatic heterocycles. The Morgan fingerprint density at radius 2 is 1.83 bits per heavy atom. The Morgan fingerprint density at radius 1 is 1.09 bits per heavy atom. The van der Waals surface area contributed by atoms with Crippen LogP contribution in [-0.2, 0) is 11.3 Å². The predicted molar refractivity (Wildman–Crippen MR) is 87.2 cm³/mol. The molecular formula is C16H13Cl2NO4. The van der Waals surface area contributed by atoms with Gasteiger partial charge >= 0.3 is 5.97 Å². The van der Waals surface area contributed by atoms with E-state index < -0.39 is 18.5 Å². The molecule has 0 unspecified atom stereocenters. The summed E-state index contributed by atoms with van der Waals surface area (Å²) >= 11 is 11.7. The molecular weight excluding hydrogens is 341 g/mol. The van der Waals surface area contributed by atoms with E-state index in [0.717, 1.165) is 5.56 Å². The van der Waals surface area contributed by atoms with Gasteiger partial charge in [-0.25, -0.2) is 4.79 Å². The number of carboxylic acids is 1. The van der Waals surface area contributed by atoms with E-state index in [1.165, 1.54) is 18.2 Å². The molecule has 0 fully saturated rings. The normalized spacial score (nSPS) is 10.2. The van der Waals surface area contributed by atoms with Crippen molar-refractivity contribution in [2.45, 2.75) is 6.54 Å². The third-order valence-electron chi connectivity index (χ3n) is 2.88. The fourth-order valence-electron chi connectivity index (χ4n) is 1.87. The van der Waals surface area contributed by atoms with Gasteiger partial charge in [-0.1, -0.05) is 35.3 Å². The van der Waals surface area contributed by atoms with Crippen LogP contribution in [0.25, 0.3) is 0 Å². The zero-order valence-corrected chi connectivity index (χ0v) is 13.4. The number of halogens is 2. The number of hydrogen-bond donors (Lipinski definition) is 2. The second-order valence-electron chi connectivity index (χ2n) is 4.64. The second-order valence-corrected chi connectivity index (χ2v) is 5.51. The Balaban J connectivity index is 2.10. The summed E-state index contributed by atoms with van der Waals surface area (Å²) in [5.74, 6) is -1.43. The van der Waals surface area contributed by atoms with Gasteiger partial charge < -0.3 is 15.2 Å². The van der Waals surface area contributed by atoms with E-state index in [-0.39, 0.29) is 17.9 Å². The molecule has 1 amide bonds. The van der Waals surface area contributed by atoms with Crippen molar-refractivity contribution in [3.63, 3.8) is 0 Å². The first-order chi connectivity index (χ1) is 11.0. The van der Waals surface area contributed by atoms with Crippen LogP contribution in [0.5, 0.6) is 5.75 Å². The van der Waals surface area contributed by atoms with Crippen molar-refractivity contribution in [2.24, 2.45) is 0 Å². The molecule has 7 heteroatoms. The molecule has 0 heterocycles. The van der Waals surface area contributed by atoms with E-state index in [1.54, 1.807) is 18.2 Å². The summed E-state index contributed by atoms with van der Waals surface area (Å²) in [6.07, 6.45) is 0. The average molecular weight is 354 g/mol. The van der Waals surface area contributed by atoms with E-state index in [9.17, 15) is 9.59 Å². The van der Waals surface area contributed by atoms with Crippen LogP contribution in [-0.4, -0.2) is 23.6 Å². The number of amides is 1. The molecule has 0 aliphatic carbocycles. The SMILES string of the molecule is O=C(O)COc1cc(Cl)ccc1C(=O)NCc1cccc(Cl)c1. The van der Waals surface area contributed by atoms with Gasteiger partial charge in [0.2, 0.25) is 0 Å². The van der Waals surface area contributed by atoms with Gasteiger partial charge in [0.1, 0.15) is 5.75 Å². The number of rotatable bonds is 6. The molecule has 2 N–H and O–H groups in total. The van der Waals surface area contributed by atoms with E-state index in [4.69, 9.17) is 33.0 Å². The molecule has 0 saturated heterocycles. The highest BCUT2D eigenvalue weighted by atomic mass is 35.5. The van der Waals surface area contributed by atoms with E-state index >= 15 is 0 Å². The molecule has 120 valence electrons. The highest BCUT2D eigenvalue weighted by Gasteiger charge is 2.14. The van der Waals surface area contributed by atoms with Gasteiger partial charge in [-0.2, -0.15) is 0 Å². The van der Waals surface area contributed by atoms with Crippen molar-refractivity contribution in [3.05, 3.63) is 63.6 Å². The van der Waals surface area contributed by atoms with Gasteiger partial charge in [-0.15, -0.1) is 0 Å². The standard InChI is InChI=1S/C16H13Cl2NO4/c17-11-3-1-2-10(6-11)8-19-16(22)13-5-4-12(18)7-14(13)23-9-15(20)21/h1-7H,8-9H2,(H,19,22)(H,20,21). The minimum Gasteiger partial charge on any atom is -0.481 e. The van der Waals surface area contributed by atoms with E-state index in [1.807, 2.05) is 6.07 Å². The smallest absolute Gasteiger partial charge is 0.341 e. The topological polar surface area (TPSA) is 75.6 Å². The molecule has 2 rings (SSSR count). The quantitative estimate of drug-likeness (QED) is 0.834. The van der Waals surface area contributed by atoms with Crippen molar-refractivity contribution >= 4 is 35.1 Å². The number of hydrogen-bond acceptors (Lipinski definition) is 3. The van der Waals surface area contributed by atoms with E-state index in [0.29, 0.717) is 10.0 Å². The average Bonchev–Trinajstić information content (AvgIpc) is 2.51. The van der Waals surface area contributed by atoms with Crippen molar-refractivity contribution < 1.29 is 19.4 Å². The first kappa shape index (κ1) is 17.1.